The second kappa shape index (κ2) is 4.84. The zero-order valence-electron chi connectivity index (χ0n) is 10.0. The number of aromatic nitrogens is 3. The van der Waals surface area contributed by atoms with E-state index in [0.717, 1.165) is 18.2 Å². The molecule has 0 saturated carbocycles. The Labute approximate surface area is 112 Å². The molecule has 8 nitrogen and oxygen atoms in total. The van der Waals surface area contributed by atoms with Gasteiger partial charge in [0, 0.05) is 37.8 Å². The standard InChI is InChI=1S/C10H12N6O2S/c11-8-7(13-18-14-8)9(17)15-2-4-16(5-3-15)10-12-1-6-19-10/h1,6H,2-5H2,(H2,11,14). The Kier molecular flexibility index (Phi) is 3.03. The Hall–Kier alpha value is -2.16. The highest BCUT2D eigenvalue weighted by Crippen LogP contribution is 2.19. The molecular formula is C10H12N6O2S. The van der Waals surface area contributed by atoms with Crippen LogP contribution in [0.4, 0.5) is 10.9 Å². The van der Waals surface area contributed by atoms with Gasteiger partial charge in [0.1, 0.15) is 0 Å². The number of thiazole rings is 1. The Morgan fingerprint density at radius 1 is 1.32 bits per heavy atom. The first-order chi connectivity index (χ1) is 9.25. The summed E-state index contributed by atoms with van der Waals surface area (Å²) in [5, 5.41) is 9.87. The van der Waals surface area contributed by atoms with Crippen LogP contribution in [0.25, 0.3) is 0 Å². The van der Waals surface area contributed by atoms with E-state index in [1.165, 1.54) is 0 Å². The van der Waals surface area contributed by atoms with Gasteiger partial charge in [-0.2, -0.15) is 0 Å². The minimum atomic E-state index is -0.238. The van der Waals surface area contributed by atoms with Crippen molar-refractivity contribution in [1.29, 1.82) is 0 Å². The lowest BCUT2D eigenvalue weighted by molar-refractivity contribution is 0.0736. The number of anilines is 2. The maximum Gasteiger partial charge on any atom is 0.280 e. The summed E-state index contributed by atoms with van der Waals surface area (Å²) in [7, 11) is 0. The summed E-state index contributed by atoms with van der Waals surface area (Å²) in [4.78, 5) is 20.2. The highest BCUT2D eigenvalue weighted by molar-refractivity contribution is 7.13. The minimum absolute atomic E-state index is 0.0346. The Morgan fingerprint density at radius 3 is 2.68 bits per heavy atom. The van der Waals surface area contributed by atoms with Crippen molar-refractivity contribution >= 4 is 28.2 Å². The molecule has 0 radical (unpaired) electrons. The normalized spacial score (nSPS) is 15.8. The smallest absolute Gasteiger partial charge is 0.280 e. The molecule has 0 aliphatic carbocycles. The van der Waals surface area contributed by atoms with E-state index < -0.39 is 0 Å². The molecule has 0 atom stereocenters. The second-order valence-electron chi connectivity index (χ2n) is 4.09. The number of rotatable bonds is 2. The molecule has 2 aromatic heterocycles. The van der Waals surface area contributed by atoms with Crippen molar-refractivity contribution in [3.05, 3.63) is 17.3 Å². The van der Waals surface area contributed by atoms with Gasteiger partial charge in [0.05, 0.1) is 0 Å². The van der Waals surface area contributed by atoms with Crippen molar-refractivity contribution in [2.75, 3.05) is 36.8 Å². The molecule has 3 rings (SSSR count). The number of hydrogen-bond acceptors (Lipinski definition) is 8. The maximum atomic E-state index is 12.1. The Bertz CT molecular complexity index is 560. The van der Waals surface area contributed by atoms with Crippen LogP contribution in [0.15, 0.2) is 16.2 Å². The number of carbonyl (C=O) groups excluding carboxylic acids is 1. The van der Waals surface area contributed by atoms with E-state index in [-0.39, 0.29) is 17.4 Å². The van der Waals surface area contributed by atoms with Crippen LogP contribution < -0.4 is 10.6 Å². The lowest BCUT2D eigenvalue weighted by Gasteiger charge is -2.34. The molecule has 3 heterocycles. The van der Waals surface area contributed by atoms with Gasteiger partial charge < -0.3 is 15.5 Å². The highest BCUT2D eigenvalue weighted by atomic mass is 32.1. The van der Waals surface area contributed by atoms with Crippen LogP contribution in [0, 0.1) is 0 Å². The van der Waals surface area contributed by atoms with Crippen LogP contribution in [-0.4, -0.2) is 52.3 Å². The number of nitrogens with zero attached hydrogens (tertiary/aromatic N) is 5. The first-order valence-corrected chi connectivity index (χ1v) is 6.65. The molecule has 1 fully saturated rings. The van der Waals surface area contributed by atoms with Gasteiger partial charge in [-0.3, -0.25) is 4.79 Å². The molecule has 0 spiro atoms. The van der Waals surface area contributed by atoms with Crippen molar-refractivity contribution < 1.29 is 9.42 Å². The predicted molar refractivity (Wildman–Crippen MR) is 68.9 cm³/mol. The summed E-state index contributed by atoms with van der Waals surface area (Å²) >= 11 is 1.59. The van der Waals surface area contributed by atoms with E-state index in [0.29, 0.717) is 13.1 Å². The van der Waals surface area contributed by atoms with Gasteiger partial charge in [-0.1, -0.05) is 0 Å². The molecule has 19 heavy (non-hydrogen) atoms. The summed E-state index contributed by atoms with van der Waals surface area (Å²) < 4.78 is 4.45. The topological polar surface area (TPSA) is 101 Å². The monoisotopic (exact) mass is 280 g/mol. The molecule has 0 aromatic carbocycles. The van der Waals surface area contributed by atoms with Crippen molar-refractivity contribution in [2.24, 2.45) is 0 Å². The zero-order chi connectivity index (χ0) is 13.2. The number of nitrogen functional groups attached to an aromatic ring is 1. The molecule has 9 heteroatoms. The number of amides is 1. The maximum absolute atomic E-state index is 12.1. The first kappa shape index (κ1) is 11.9. The van der Waals surface area contributed by atoms with Gasteiger partial charge in [-0.25, -0.2) is 9.61 Å². The predicted octanol–water partition coefficient (Wildman–Crippen LogP) is 0.0707. The van der Waals surface area contributed by atoms with Crippen LogP contribution in [0.3, 0.4) is 0 Å². The van der Waals surface area contributed by atoms with Gasteiger partial charge in [0.15, 0.2) is 5.13 Å². The first-order valence-electron chi connectivity index (χ1n) is 5.77. The van der Waals surface area contributed by atoms with Crippen LogP contribution >= 0.6 is 11.3 Å². The van der Waals surface area contributed by atoms with E-state index in [1.54, 1.807) is 22.4 Å². The van der Waals surface area contributed by atoms with E-state index in [2.05, 4.69) is 24.8 Å². The fourth-order valence-corrected chi connectivity index (χ4v) is 2.66. The molecule has 100 valence electrons. The summed E-state index contributed by atoms with van der Waals surface area (Å²) in [6.45, 7) is 2.68. The number of carbonyl (C=O) groups is 1. The average molecular weight is 280 g/mol. The minimum Gasteiger partial charge on any atom is -0.379 e. The van der Waals surface area contributed by atoms with E-state index in [1.807, 2.05) is 5.38 Å². The van der Waals surface area contributed by atoms with Gasteiger partial charge in [-0.05, 0) is 10.3 Å². The van der Waals surface area contributed by atoms with Gasteiger partial charge >= 0.3 is 0 Å². The fraction of sp³-hybridized carbons (Fsp3) is 0.400. The molecule has 0 unspecified atom stereocenters. The van der Waals surface area contributed by atoms with Crippen LogP contribution in [0.1, 0.15) is 10.5 Å². The van der Waals surface area contributed by atoms with Crippen molar-refractivity contribution in [3.8, 4) is 0 Å². The summed E-state index contributed by atoms with van der Waals surface area (Å²) in [6.07, 6.45) is 1.78. The summed E-state index contributed by atoms with van der Waals surface area (Å²) in [5.74, 6) is -0.204. The highest BCUT2D eigenvalue weighted by Gasteiger charge is 2.27. The van der Waals surface area contributed by atoms with Crippen LogP contribution in [0.5, 0.6) is 0 Å². The SMILES string of the molecule is Nc1nonc1C(=O)N1CCN(c2nccs2)CC1. The lowest BCUT2D eigenvalue weighted by Crippen LogP contribution is -2.49. The third-order valence-corrected chi connectivity index (χ3v) is 3.81. The quantitative estimate of drug-likeness (QED) is 0.830. The number of piperazine rings is 1. The second-order valence-corrected chi connectivity index (χ2v) is 4.97. The molecular weight excluding hydrogens is 268 g/mol. The van der Waals surface area contributed by atoms with E-state index in [4.69, 9.17) is 5.73 Å². The number of nitrogens with two attached hydrogens (primary N) is 1. The largest absolute Gasteiger partial charge is 0.379 e. The van der Waals surface area contributed by atoms with Crippen molar-refractivity contribution in [2.45, 2.75) is 0 Å². The molecule has 1 aliphatic rings. The van der Waals surface area contributed by atoms with Crippen LogP contribution in [-0.2, 0) is 0 Å². The third-order valence-electron chi connectivity index (χ3n) is 2.97. The Balaban J connectivity index is 1.64. The molecule has 2 aromatic rings. The average Bonchev–Trinajstić information content (AvgIpc) is 3.09. The molecule has 1 amide bonds. The van der Waals surface area contributed by atoms with Gasteiger partial charge in [-0.15, -0.1) is 11.3 Å². The van der Waals surface area contributed by atoms with Crippen LogP contribution in [0.2, 0.25) is 0 Å². The molecule has 1 aliphatic heterocycles. The van der Waals surface area contributed by atoms with E-state index >= 15 is 0 Å². The van der Waals surface area contributed by atoms with E-state index in [9.17, 15) is 4.79 Å². The zero-order valence-corrected chi connectivity index (χ0v) is 10.8. The molecule has 1 saturated heterocycles. The van der Waals surface area contributed by atoms with Crippen molar-refractivity contribution in [1.82, 2.24) is 20.2 Å². The fourth-order valence-electron chi connectivity index (χ4n) is 1.97. The van der Waals surface area contributed by atoms with Gasteiger partial charge in [0.25, 0.3) is 5.91 Å². The Morgan fingerprint density at radius 2 is 2.11 bits per heavy atom. The third kappa shape index (κ3) is 2.24. The molecule has 0 bridgehead atoms. The lowest BCUT2D eigenvalue weighted by atomic mass is 10.3. The molecule has 2 N–H and O–H groups in total. The summed E-state index contributed by atoms with van der Waals surface area (Å²) in [5.41, 5.74) is 5.60. The summed E-state index contributed by atoms with van der Waals surface area (Å²) in [6, 6.07) is 0. The number of hydrogen-bond donors (Lipinski definition) is 1. The van der Waals surface area contributed by atoms with Gasteiger partial charge in [0.2, 0.25) is 11.5 Å². The van der Waals surface area contributed by atoms with Crippen molar-refractivity contribution in [3.63, 3.8) is 0 Å².